The summed E-state index contributed by atoms with van der Waals surface area (Å²) >= 11 is 0. The van der Waals surface area contributed by atoms with Crippen LogP contribution in [0.4, 0.5) is 8.78 Å². The highest BCUT2D eigenvalue weighted by Gasteiger charge is 2.23. The maximum Gasteiger partial charge on any atom is 0.157 e. The minimum absolute atomic E-state index is 0.0313. The lowest BCUT2D eigenvalue weighted by atomic mass is 9.95. The van der Waals surface area contributed by atoms with Crippen molar-refractivity contribution in [2.24, 2.45) is 5.92 Å². The zero-order chi connectivity index (χ0) is 19.0. The lowest BCUT2D eigenvalue weighted by Gasteiger charge is -2.20. The molecular weight excluding hydrogens is 348 g/mol. The second-order valence-electron chi connectivity index (χ2n) is 6.87. The van der Waals surface area contributed by atoms with E-state index in [4.69, 9.17) is 0 Å². The normalized spacial score (nSPS) is 12.8. The number of imidazole rings is 2. The lowest BCUT2D eigenvalue weighted by Crippen LogP contribution is -2.16. The van der Waals surface area contributed by atoms with Crippen molar-refractivity contribution >= 4 is 11.2 Å². The van der Waals surface area contributed by atoms with E-state index in [0.29, 0.717) is 12.4 Å². The summed E-state index contributed by atoms with van der Waals surface area (Å²) in [5.74, 6) is 0.509. The van der Waals surface area contributed by atoms with Crippen LogP contribution in [0, 0.1) is 17.6 Å². The summed E-state index contributed by atoms with van der Waals surface area (Å²) in [6.45, 7) is 4.73. The molecule has 0 amide bonds. The molecule has 0 spiro atoms. The molecule has 4 aromatic rings. The monoisotopic (exact) mass is 367 g/mol. The first kappa shape index (κ1) is 17.3. The molecule has 27 heavy (non-hydrogen) atoms. The Morgan fingerprint density at radius 3 is 2.74 bits per heavy atom. The molecule has 1 N–H and O–H groups in total. The number of benzene rings is 1. The van der Waals surface area contributed by atoms with Gasteiger partial charge in [0.05, 0.1) is 5.56 Å². The number of pyridine rings is 1. The molecule has 7 heteroatoms. The van der Waals surface area contributed by atoms with E-state index in [1.165, 1.54) is 6.07 Å². The highest BCUT2D eigenvalue weighted by Crippen LogP contribution is 2.29. The average molecular weight is 367 g/mol. The number of halogens is 2. The summed E-state index contributed by atoms with van der Waals surface area (Å²) in [6, 6.07) is 7.14. The van der Waals surface area contributed by atoms with Gasteiger partial charge in [0.15, 0.2) is 5.65 Å². The van der Waals surface area contributed by atoms with Crippen molar-refractivity contribution in [1.29, 1.82) is 0 Å². The van der Waals surface area contributed by atoms with Crippen LogP contribution in [0.5, 0.6) is 0 Å². The van der Waals surface area contributed by atoms with E-state index < -0.39 is 11.6 Å². The molecule has 5 nitrogen and oxygen atoms in total. The van der Waals surface area contributed by atoms with Gasteiger partial charge in [-0.25, -0.2) is 23.7 Å². The molecular formula is C20H19F2N5. The molecule has 138 valence electrons. The Kier molecular flexibility index (Phi) is 4.43. The van der Waals surface area contributed by atoms with E-state index in [1.54, 1.807) is 18.6 Å². The number of nitrogens with zero attached hydrogens (tertiary/aromatic N) is 4. The van der Waals surface area contributed by atoms with Gasteiger partial charge in [0.2, 0.25) is 0 Å². The van der Waals surface area contributed by atoms with Crippen LogP contribution < -0.4 is 0 Å². The summed E-state index contributed by atoms with van der Waals surface area (Å²) in [6.07, 6.45) is 5.09. The van der Waals surface area contributed by atoms with E-state index in [1.807, 2.05) is 16.7 Å². The van der Waals surface area contributed by atoms with E-state index in [9.17, 15) is 8.78 Å². The molecule has 0 saturated heterocycles. The Labute approximate surface area is 155 Å². The molecule has 1 aromatic carbocycles. The number of aromatic nitrogens is 5. The molecule has 0 aliphatic heterocycles. The number of hydrogen-bond donors (Lipinski definition) is 1. The fraction of sp³-hybridized carbons (Fsp3) is 0.250. The predicted octanol–water partition coefficient (Wildman–Crippen LogP) is 4.54. The number of hydrogen-bond acceptors (Lipinski definition) is 3. The summed E-state index contributed by atoms with van der Waals surface area (Å²) < 4.78 is 29.7. The van der Waals surface area contributed by atoms with Crippen molar-refractivity contribution in [3.63, 3.8) is 0 Å². The molecule has 0 aliphatic carbocycles. The second-order valence-corrected chi connectivity index (χ2v) is 6.87. The smallest absolute Gasteiger partial charge is 0.157 e. The SMILES string of the molecule is CC(C)C(Cn1ccnc1-c1cc(F)ccc1F)c1nc2cccnc2[nH]1. The van der Waals surface area contributed by atoms with Gasteiger partial charge >= 0.3 is 0 Å². The third-order valence-electron chi connectivity index (χ3n) is 4.71. The summed E-state index contributed by atoms with van der Waals surface area (Å²) in [5.41, 5.74) is 1.69. The largest absolute Gasteiger partial charge is 0.330 e. The van der Waals surface area contributed by atoms with Gasteiger partial charge in [-0.1, -0.05) is 13.8 Å². The maximum absolute atomic E-state index is 14.2. The van der Waals surface area contributed by atoms with E-state index in [2.05, 4.69) is 33.8 Å². The minimum atomic E-state index is -0.502. The number of fused-ring (bicyclic) bond motifs is 1. The first-order chi connectivity index (χ1) is 13.0. The topological polar surface area (TPSA) is 59.4 Å². The first-order valence-electron chi connectivity index (χ1n) is 8.80. The quantitative estimate of drug-likeness (QED) is 0.563. The Balaban J connectivity index is 1.71. The maximum atomic E-state index is 14.2. The van der Waals surface area contributed by atoms with Gasteiger partial charge in [0, 0.05) is 31.1 Å². The van der Waals surface area contributed by atoms with Gasteiger partial charge < -0.3 is 9.55 Å². The predicted molar refractivity (Wildman–Crippen MR) is 99.0 cm³/mol. The van der Waals surface area contributed by atoms with Gasteiger partial charge in [-0.3, -0.25) is 0 Å². The van der Waals surface area contributed by atoms with Crippen LogP contribution in [-0.2, 0) is 6.54 Å². The highest BCUT2D eigenvalue weighted by atomic mass is 19.1. The van der Waals surface area contributed by atoms with Gasteiger partial charge in [-0.15, -0.1) is 0 Å². The van der Waals surface area contributed by atoms with Crippen LogP contribution in [-0.4, -0.2) is 24.5 Å². The Morgan fingerprint density at radius 1 is 1.11 bits per heavy atom. The molecule has 3 aromatic heterocycles. The van der Waals surface area contributed by atoms with Crippen LogP contribution in [0.25, 0.3) is 22.6 Å². The fourth-order valence-corrected chi connectivity index (χ4v) is 3.23. The molecule has 1 atom stereocenters. The number of H-pyrrole nitrogens is 1. The first-order valence-corrected chi connectivity index (χ1v) is 8.80. The Bertz CT molecular complexity index is 1050. The lowest BCUT2D eigenvalue weighted by molar-refractivity contribution is 0.422. The van der Waals surface area contributed by atoms with E-state index >= 15 is 0 Å². The number of rotatable bonds is 5. The molecule has 0 bridgehead atoms. The molecule has 0 aliphatic rings. The van der Waals surface area contributed by atoms with Crippen molar-refractivity contribution in [2.45, 2.75) is 26.3 Å². The molecule has 0 saturated carbocycles. The van der Waals surface area contributed by atoms with E-state index in [-0.39, 0.29) is 17.4 Å². The summed E-state index contributed by atoms with van der Waals surface area (Å²) in [5, 5.41) is 0. The van der Waals surface area contributed by atoms with Gasteiger partial charge in [-0.05, 0) is 36.2 Å². The van der Waals surface area contributed by atoms with Crippen molar-refractivity contribution < 1.29 is 8.78 Å². The Hall–Kier alpha value is -3.09. The number of aromatic amines is 1. The van der Waals surface area contributed by atoms with Gasteiger partial charge in [0.25, 0.3) is 0 Å². The van der Waals surface area contributed by atoms with Crippen molar-refractivity contribution in [3.05, 3.63) is 66.4 Å². The van der Waals surface area contributed by atoms with Crippen molar-refractivity contribution in [1.82, 2.24) is 24.5 Å². The summed E-state index contributed by atoms with van der Waals surface area (Å²) in [7, 11) is 0. The van der Waals surface area contributed by atoms with Crippen LogP contribution in [0.2, 0.25) is 0 Å². The summed E-state index contributed by atoms with van der Waals surface area (Å²) in [4.78, 5) is 16.5. The van der Waals surface area contributed by atoms with Crippen LogP contribution >= 0.6 is 0 Å². The van der Waals surface area contributed by atoms with E-state index in [0.717, 1.165) is 29.1 Å². The van der Waals surface area contributed by atoms with Crippen LogP contribution in [0.1, 0.15) is 25.6 Å². The molecule has 0 fully saturated rings. The molecule has 1 unspecified atom stereocenters. The Morgan fingerprint density at radius 2 is 1.96 bits per heavy atom. The molecule has 3 heterocycles. The molecule has 0 radical (unpaired) electrons. The highest BCUT2D eigenvalue weighted by molar-refractivity contribution is 5.70. The molecule has 4 rings (SSSR count). The van der Waals surface area contributed by atoms with Crippen LogP contribution in [0.3, 0.4) is 0 Å². The van der Waals surface area contributed by atoms with Gasteiger partial charge in [-0.2, -0.15) is 0 Å². The zero-order valence-electron chi connectivity index (χ0n) is 15.0. The third-order valence-corrected chi connectivity index (χ3v) is 4.71. The second kappa shape index (κ2) is 6.90. The average Bonchev–Trinajstić information content (AvgIpc) is 3.27. The zero-order valence-corrected chi connectivity index (χ0v) is 15.0. The fourth-order valence-electron chi connectivity index (χ4n) is 3.23. The van der Waals surface area contributed by atoms with Crippen molar-refractivity contribution in [2.75, 3.05) is 0 Å². The minimum Gasteiger partial charge on any atom is -0.330 e. The third kappa shape index (κ3) is 3.32. The number of nitrogens with one attached hydrogen (secondary N) is 1. The van der Waals surface area contributed by atoms with Crippen LogP contribution in [0.15, 0.2) is 48.9 Å². The van der Waals surface area contributed by atoms with Gasteiger partial charge in [0.1, 0.15) is 28.8 Å². The standard InChI is InChI=1S/C20H19F2N5/c1-12(2)15(18-25-17-4-3-7-23-19(17)26-18)11-27-9-8-24-20(27)14-10-13(21)5-6-16(14)22/h3-10,12,15H,11H2,1-2H3,(H,23,25,26). The van der Waals surface area contributed by atoms with Crippen molar-refractivity contribution in [3.8, 4) is 11.4 Å².